The number of likely N-dealkylation sites (N-methyl/N-ethyl adjacent to an activating group) is 1. The van der Waals surface area contributed by atoms with E-state index >= 15 is 0 Å². The van der Waals surface area contributed by atoms with E-state index in [9.17, 15) is 19.0 Å². The molecule has 3 atom stereocenters. The summed E-state index contributed by atoms with van der Waals surface area (Å²) in [4.78, 5) is 38.0. The summed E-state index contributed by atoms with van der Waals surface area (Å²) >= 11 is 0. The molecule has 9 nitrogen and oxygen atoms in total. The van der Waals surface area contributed by atoms with Crippen LogP contribution in [0.25, 0.3) is 0 Å². The fourth-order valence-corrected chi connectivity index (χ4v) is 11.5. The van der Waals surface area contributed by atoms with Gasteiger partial charge in [0, 0.05) is 12.8 Å². The fraction of sp³-hybridized carbons (Fsp3) is 0.795. The van der Waals surface area contributed by atoms with Gasteiger partial charge in [0.2, 0.25) is 5.91 Å². The maximum atomic E-state index is 13.6. The highest BCUT2D eigenvalue weighted by molar-refractivity contribution is 7.47. The molecule has 0 aromatic carbocycles. The van der Waals surface area contributed by atoms with Crippen molar-refractivity contribution in [3.05, 3.63) is 85.1 Å². The summed E-state index contributed by atoms with van der Waals surface area (Å²) in [5.74, 6) is -0.500. The minimum Gasteiger partial charge on any atom is -0.456 e. The van der Waals surface area contributed by atoms with Crippen molar-refractivity contribution >= 4 is 19.7 Å². The zero-order valence-corrected chi connectivity index (χ0v) is 59.6. The quantitative estimate of drug-likeness (QED) is 0.0205. The first-order valence-corrected chi connectivity index (χ1v) is 38.9. The summed E-state index contributed by atoms with van der Waals surface area (Å²) in [5, 5.41) is 3.08. The molecule has 0 spiro atoms. The largest absolute Gasteiger partial charge is 0.472 e. The number of carbonyl (C=O) groups is 2. The van der Waals surface area contributed by atoms with Gasteiger partial charge in [-0.15, -0.1) is 0 Å². The average Bonchev–Trinajstić information content (AvgIpc) is 3.61. The van der Waals surface area contributed by atoms with Crippen molar-refractivity contribution in [1.29, 1.82) is 0 Å². The number of nitrogens with one attached hydrogen (secondary N) is 1. The molecule has 10 heteroatoms. The van der Waals surface area contributed by atoms with Crippen LogP contribution < -0.4 is 5.32 Å². The fourth-order valence-electron chi connectivity index (χ4n) is 10.8. The van der Waals surface area contributed by atoms with Gasteiger partial charge in [0.15, 0.2) is 0 Å². The molecule has 0 aliphatic carbocycles. The minimum absolute atomic E-state index is 0.0380. The first kappa shape index (κ1) is 85.2. The Balaban J connectivity index is 5.01. The highest BCUT2D eigenvalue weighted by Gasteiger charge is 2.30. The lowest BCUT2D eigenvalue weighted by Gasteiger charge is -2.27. The number of hydrogen-bond donors (Lipinski definition) is 2. The molecule has 0 aromatic rings. The number of phosphoric ester groups is 1. The van der Waals surface area contributed by atoms with Gasteiger partial charge in [0.1, 0.15) is 19.3 Å². The number of carbonyl (C=O) groups excluding carboxylic acids is 2. The van der Waals surface area contributed by atoms with Crippen molar-refractivity contribution in [1.82, 2.24) is 5.32 Å². The maximum Gasteiger partial charge on any atom is 0.472 e. The second kappa shape index (κ2) is 67.1. The Hall–Kier alpha value is -2.81. The summed E-state index contributed by atoms with van der Waals surface area (Å²) in [7, 11) is 1.50. The monoisotopic (exact) mass is 1250 g/mol. The number of quaternary nitrogens is 1. The number of unbranched alkanes of at least 4 members (excludes halogenated alkanes) is 40. The number of ether oxygens (including phenoxy) is 1. The molecule has 1 amide bonds. The molecule has 0 saturated heterocycles. The second-order valence-electron chi connectivity index (χ2n) is 26.5. The molecule has 0 heterocycles. The highest BCUT2D eigenvalue weighted by Crippen LogP contribution is 2.43. The SMILES string of the molecule is CCCCC/C=C\C/C=C\C/C=C\C/C=C\CCCCCCCCCCCCCC(=O)OC(/C=C/CCCCCCCCCCCC)C(COP(=O)(O)OCC[N+](C)(C)C)NC(=O)CCCCCCCCCCCCCCC/C=C\C/C=C\CCCCC. The van der Waals surface area contributed by atoms with Gasteiger partial charge in [0.05, 0.1) is 33.8 Å². The van der Waals surface area contributed by atoms with Crippen LogP contribution >= 0.6 is 7.82 Å². The molecular weight excluding hydrogens is 1110 g/mol. The first-order chi connectivity index (χ1) is 42.9. The molecular formula is C78H144N2O7P+. The molecule has 2 N–H and O–H groups in total. The molecule has 0 radical (unpaired) electrons. The lowest BCUT2D eigenvalue weighted by Crippen LogP contribution is -2.47. The van der Waals surface area contributed by atoms with Crippen LogP contribution in [0.1, 0.15) is 348 Å². The van der Waals surface area contributed by atoms with Gasteiger partial charge in [-0.05, 0) is 109 Å². The Morgan fingerprint density at radius 2 is 0.693 bits per heavy atom. The Morgan fingerprint density at radius 1 is 0.398 bits per heavy atom. The molecule has 88 heavy (non-hydrogen) atoms. The number of allylic oxidation sites excluding steroid dienone is 13. The first-order valence-electron chi connectivity index (χ1n) is 37.4. The summed E-state index contributed by atoms with van der Waals surface area (Å²) in [6, 6.07) is -0.854. The number of esters is 1. The zero-order chi connectivity index (χ0) is 64.2. The van der Waals surface area contributed by atoms with E-state index in [1.165, 1.54) is 231 Å². The van der Waals surface area contributed by atoms with E-state index in [4.69, 9.17) is 13.8 Å². The predicted molar refractivity (Wildman–Crippen MR) is 383 cm³/mol. The van der Waals surface area contributed by atoms with Gasteiger partial charge in [-0.25, -0.2) is 4.57 Å². The number of hydrogen-bond acceptors (Lipinski definition) is 6. The van der Waals surface area contributed by atoms with Gasteiger partial charge in [-0.1, -0.05) is 312 Å². The van der Waals surface area contributed by atoms with Crippen LogP contribution in [0.3, 0.4) is 0 Å². The predicted octanol–water partition coefficient (Wildman–Crippen LogP) is 24.1. The van der Waals surface area contributed by atoms with Crippen molar-refractivity contribution in [3.8, 4) is 0 Å². The van der Waals surface area contributed by atoms with Crippen LogP contribution in [0.15, 0.2) is 85.1 Å². The third-order valence-corrected chi connectivity index (χ3v) is 17.5. The smallest absolute Gasteiger partial charge is 0.456 e. The molecule has 0 fully saturated rings. The van der Waals surface area contributed by atoms with Gasteiger partial charge in [-0.2, -0.15) is 0 Å². The number of phosphoric acid groups is 1. The second-order valence-corrected chi connectivity index (χ2v) is 27.9. The Labute approximate surface area is 546 Å². The van der Waals surface area contributed by atoms with Crippen LogP contribution in [0.5, 0.6) is 0 Å². The third-order valence-electron chi connectivity index (χ3n) is 16.6. The van der Waals surface area contributed by atoms with E-state index in [1.807, 2.05) is 33.3 Å². The summed E-state index contributed by atoms with van der Waals surface area (Å²) < 4.78 is 30.9. The minimum atomic E-state index is -4.46. The van der Waals surface area contributed by atoms with E-state index < -0.39 is 20.0 Å². The Morgan fingerprint density at radius 3 is 1.06 bits per heavy atom. The highest BCUT2D eigenvalue weighted by atomic mass is 31.2. The topological polar surface area (TPSA) is 111 Å². The van der Waals surface area contributed by atoms with E-state index in [1.54, 1.807) is 0 Å². The molecule has 0 saturated carbocycles. The van der Waals surface area contributed by atoms with Gasteiger partial charge < -0.3 is 19.4 Å². The third kappa shape index (κ3) is 67.6. The molecule has 3 unspecified atom stereocenters. The maximum absolute atomic E-state index is 13.6. The zero-order valence-electron chi connectivity index (χ0n) is 58.7. The van der Waals surface area contributed by atoms with Crippen LogP contribution in [-0.2, 0) is 27.9 Å². The average molecular weight is 1250 g/mol. The summed E-state index contributed by atoms with van der Waals surface area (Å²) in [6.07, 6.45) is 90.2. The standard InChI is InChI=1S/C78H143N2O7P/c1-7-10-13-16-19-22-25-28-30-32-34-36-38-39-40-41-43-45-47-49-51-53-56-59-62-65-68-71-78(82)87-76(69-66-63-60-57-54-27-24-21-18-15-12-9-3)75(74-86-88(83,84)85-73-72-80(4,5)6)79-77(81)70-67-64-61-58-55-52-50-48-46-44-42-37-35-33-31-29-26-23-20-17-14-11-8-2/h19-20,22-23,28-31,34,36,39-40,66,69,75-76H,7-18,21,24-27,32-33,35,37-38,41-65,67-68,70-74H2,1-6H3,(H-,79,81,83,84)/p+1/b22-19-,23-20-,30-28-,31-29-,36-34-,40-39-,69-66+. The van der Waals surface area contributed by atoms with Crippen molar-refractivity contribution in [2.75, 3.05) is 40.9 Å². The molecule has 512 valence electrons. The normalized spacial score (nSPS) is 13.9. The van der Waals surface area contributed by atoms with Crippen molar-refractivity contribution in [2.24, 2.45) is 0 Å². The van der Waals surface area contributed by atoms with Crippen LogP contribution in [-0.4, -0.2) is 74.3 Å². The van der Waals surface area contributed by atoms with Crippen molar-refractivity contribution < 1.29 is 37.3 Å². The van der Waals surface area contributed by atoms with E-state index in [-0.39, 0.29) is 31.5 Å². The van der Waals surface area contributed by atoms with Gasteiger partial charge in [0.25, 0.3) is 0 Å². The van der Waals surface area contributed by atoms with Gasteiger partial charge in [-0.3, -0.25) is 18.6 Å². The van der Waals surface area contributed by atoms with Crippen LogP contribution in [0, 0.1) is 0 Å². The molecule has 0 bridgehead atoms. The van der Waals surface area contributed by atoms with E-state index in [0.717, 1.165) is 83.5 Å². The van der Waals surface area contributed by atoms with Crippen LogP contribution in [0.4, 0.5) is 0 Å². The summed E-state index contributed by atoms with van der Waals surface area (Å²) in [5.41, 5.74) is 0. The summed E-state index contributed by atoms with van der Waals surface area (Å²) in [6.45, 7) is 6.99. The van der Waals surface area contributed by atoms with Gasteiger partial charge >= 0.3 is 13.8 Å². The number of rotatable bonds is 68. The van der Waals surface area contributed by atoms with Crippen molar-refractivity contribution in [3.63, 3.8) is 0 Å². The van der Waals surface area contributed by atoms with E-state index in [2.05, 4.69) is 99.0 Å². The van der Waals surface area contributed by atoms with Crippen molar-refractivity contribution in [2.45, 2.75) is 360 Å². The number of amides is 1. The van der Waals surface area contributed by atoms with E-state index in [0.29, 0.717) is 17.4 Å². The molecule has 0 aliphatic rings. The molecule has 0 aliphatic heterocycles. The lowest BCUT2D eigenvalue weighted by molar-refractivity contribution is -0.870. The number of nitrogens with zero attached hydrogens (tertiary/aromatic N) is 1. The Bertz CT molecular complexity index is 1780. The van der Waals surface area contributed by atoms with Crippen LogP contribution in [0.2, 0.25) is 0 Å². The molecule has 0 rings (SSSR count). The lowest BCUT2D eigenvalue weighted by atomic mass is 10.0. The molecule has 0 aromatic heterocycles. The Kier molecular flexibility index (Phi) is 64.9.